The quantitative estimate of drug-likeness (QED) is 0.0917. The Labute approximate surface area is 204 Å². The normalized spacial score (nSPS) is 16.1. The van der Waals surface area contributed by atoms with E-state index in [9.17, 15) is 22.0 Å². The molecule has 7 heteroatoms. The summed E-state index contributed by atoms with van der Waals surface area (Å²) in [4.78, 5) is 0. The van der Waals surface area contributed by atoms with E-state index in [1.807, 2.05) is 19.1 Å². The highest BCUT2D eigenvalue weighted by atomic mass is 19.2. The molecule has 2 aromatic rings. The number of ether oxygens (including phenoxy) is 2. The molecule has 0 saturated heterocycles. The van der Waals surface area contributed by atoms with Crippen molar-refractivity contribution in [2.75, 3.05) is 14.2 Å². The fourth-order valence-electron chi connectivity index (χ4n) is 5.03. The minimum absolute atomic E-state index is 0.117. The van der Waals surface area contributed by atoms with Crippen molar-refractivity contribution in [1.29, 1.82) is 0 Å². The third kappa shape index (κ3) is 5.95. The Morgan fingerprint density at radius 1 is 0.771 bits per heavy atom. The van der Waals surface area contributed by atoms with Crippen LogP contribution in [-0.2, 0) is 15.9 Å². The lowest BCUT2D eigenvalue weighted by Gasteiger charge is -2.38. The molecule has 3 rings (SSSR count). The Bertz CT molecular complexity index is 1000. The maximum atomic E-state index is 13.8. The van der Waals surface area contributed by atoms with E-state index in [-0.39, 0.29) is 18.3 Å². The second-order valence-electron chi connectivity index (χ2n) is 9.25. The monoisotopic (exact) mass is 496 g/mol. The van der Waals surface area contributed by atoms with Gasteiger partial charge in [0.2, 0.25) is 5.82 Å². The van der Waals surface area contributed by atoms with E-state index in [2.05, 4.69) is 24.3 Å². The first-order chi connectivity index (χ1) is 16.7. The van der Waals surface area contributed by atoms with Crippen LogP contribution in [0.15, 0.2) is 30.3 Å². The second kappa shape index (κ2) is 12.1. The van der Waals surface area contributed by atoms with Crippen LogP contribution in [0.2, 0.25) is 0 Å². The van der Waals surface area contributed by atoms with Gasteiger partial charge in [0.1, 0.15) is 0 Å². The molecular formula is C28H33F5O2. The molecule has 2 unspecified atom stereocenters. The fourth-order valence-corrected chi connectivity index (χ4v) is 5.03. The van der Waals surface area contributed by atoms with Gasteiger partial charge in [-0.05, 0) is 37.3 Å². The molecule has 2 nitrogen and oxygen atoms in total. The minimum Gasteiger partial charge on any atom is -0.353 e. The number of unbranched alkanes of at least 4 members (excludes halogenated alkanes) is 5. The molecule has 0 bridgehead atoms. The Morgan fingerprint density at radius 3 is 1.94 bits per heavy atom. The summed E-state index contributed by atoms with van der Waals surface area (Å²) in [6.45, 7) is 1.96. The highest BCUT2D eigenvalue weighted by molar-refractivity contribution is 5.62. The van der Waals surface area contributed by atoms with E-state index in [0.717, 1.165) is 32.1 Å². The van der Waals surface area contributed by atoms with Crippen molar-refractivity contribution in [2.24, 2.45) is 5.92 Å². The highest BCUT2D eigenvalue weighted by Crippen LogP contribution is 2.44. The molecule has 0 amide bonds. The van der Waals surface area contributed by atoms with Crippen LogP contribution in [0.1, 0.15) is 74.5 Å². The zero-order valence-electron chi connectivity index (χ0n) is 20.5. The van der Waals surface area contributed by atoms with Gasteiger partial charge in [-0.1, -0.05) is 68.5 Å². The van der Waals surface area contributed by atoms with Crippen LogP contribution in [0, 0.1) is 35.0 Å². The maximum Gasteiger partial charge on any atom is 0.200 e. The molecule has 0 aliphatic heterocycles. The fraction of sp³-hybridized carbons (Fsp3) is 0.500. The molecule has 192 valence electrons. The van der Waals surface area contributed by atoms with E-state index in [0.29, 0.717) is 12.8 Å². The smallest absolute Gasteiger partial charge is 0.200 e. The van der Waals surface area contributed by atoms with Crippen molar-refractivity contribution < 1.29 is 31.4 Å². The average molecular weight is 497 g/mol. The molecule has 2 atom stereocenters. The van der Waals surface area contributed by atoms with E-state index in [4.69, 9.17) is 9.47 Å². The van der Waals surface area contributed by atoms with Crippen LogP contribution in [0.25, 0.3) is 6.08 Å². The zero-order chi connectivity index (χ0) is 25.6. The summed E-state index contributed by atoms with van der Waals surface area (Å²) < 4.78 is 78.9. The molecule has 35 heavy (non-hydrogen) atoms. The third-order valence-electron chi connectivity index (χ3n) is 7.25. The lowest BCUT2D eigenvalue weighted by molar-refractivity contribution is -0.231. The zero-order valence-corrected chi connectivity index (χ0v) is 20.5. The van der Waals surface area contributed by atoms with Gasteiger partial charge in [0, 0.05) is 31.6 Å². The van der Waals surface area contributed by atoms with Gasteiger partial charge in [0.25, 0.3) is 0 Å². The SMILES string of the molecule is COC(C)(OC)C(CCCCCCCCc1c(F)c(F)c(F)c(F)c1F)C1C=Cc2ccccc21. The number of hydrogen-bond donors (Lipinski definition) is 0. The Balaban J connectivity index is 1.47. The summed E-state index contributed by atoms with van der Waals surface area (Å²) >= 11 is 0. The van der Waals surface area contributed by atoms with Crippen molar-refractivity contribution >= 4 is 6.08 Å². The molecule has 2 aromatic carbocycles. The molecule has 0 N–H and O–H groups in total. The Morgan fingerprint density at radius 2 is 1.31 bits per heavy atom. The predicted octanol–water partition coefficient (Wildman–Crippen LogP) is 8.09. The average Bonchev–Trinajstić information content (AvgIpc) is 3.30. The lowest BCUT2D eigenvalue weighted by Crippen LogP contribution is -2.41. The van der Waals surface area contributed by atoms with E-state index in [1.165, 1.54) is 11.1 Å². The first-order valence-corrected chi connectivity index (χ1v) is 12.1. The first kappa shape index (κ1) is 27.3. The standard InChI is InChI=1S/C28H33F5O2/c1-28(34-2,35-3)22(20-17-16-18-12-10-11-13-19(18)20)15-9-7-5-4-6-8-14-21-23(29)25(31)27(33)26(32)24(21)30/h10-13,16-17,20,22H,4-9,14-15H2,1-3H3. The molecule has 0 aromatic heterocycles. The van der Waals surface area contributed by atoms with Gasteiger partial charge in [-0.2, -0.15) is 0 Å². The molecular weight excluding hydrogens is 463 g/mol. The van der Waals surface area contributed by atoms with E-state index < -0.39 is 40.4 Å². The van der Waals surface area contributed by atoms with Gasteiger partial charge >= 0.3 is 0 Å². The molecule has 0 radical (unpaired) electrons. The molecule has 1 aliphatic carbocycles. The van der Waals surface area contributed by atoms with Crippen LogP contribution >= 0.6 is 0 Å². The molecule has 0 spiro atoms. The number of allylic oxidation sites excluding steroid dienone is 1. The maximum absolute atomic E-state index is 13.8. The van der Waals surface area contributed by atoms with Crippen LogP contribution in [0.3, 0.4) is 0 Å². The second-order valence-corrected chi connectivity index (χ2v) is 9.25. The van der Waals surface area contributed by atoms with Gasteiger partial charge in [-0.25, -0.2) is 22.0 Å². The summed E-state index contributed by atoms with van der Waals surface area (Å²) in [6, 6.07) is 8.31. The molecule has 0 heterocycles. The number of methoxy groups -OCH3 is 2. The third-order valence-corrected chi connectivity index (χ3v) is 7.25. The number of fused-ring (bicyclic) bond motifs is 1. The topological polar surface area (TPSA) is 18.5 Å². The number of halogens is 5. The van der Waals surface area contributed by atoms with Gasteiger partial charge in [0.05, 0.1) is 0 Å². The minimum atomic E-state index is -2.11. The predicted molar refractivity (Wildman–Crippen MR) is 126 cm³/mol. The van der Waals surface area contributed by atoms with Crippen molar-refractivity contribution in [2.45, 2.75) is 70.0 Å². The summed E-state index contributed by atoms with van der Waals surface area (Å²) in [5.74, 6) is -9.76. The van der Waals surface area contributed by atoms with Gasteiger partial charge in [-0.15, -0.1) is 0 Å². The van der Waals surface area contributed by atoms with Crippen molar-refractivity contribution in [3.05, 3.63) is 76.1 Å². The number of hydrogen-bond acceptors (Lipinski definition) is 2. The van der Waals surface area contributed by atoms with Crippen LogP contribution in [0.4, 0.5) is 22.0 Å². The van der Waals surface area contributed by atoms with E-state index in [1.54, 1.807) is 14.2 Å². The van der Waals surface area contributed by atoms with Gasteiger partial charge in [-0.3, -0.25) is 0 Å². The van der Waals surface area contributed by atoms with Gasteiger partial charge < -0.3 is 9.47 Å². The van der Waals surface area contributed by atoms with E-state index >= 15 is 0 Å². The Hall–Kier alpha value is -2.25. The Kier molecular flexibility index (Phi) is 9.47. The first-order valence-electron chi connectivity index (χ1n) is 12.1. The van der Waals surface area contributed by atoms with Crippen LogP contribution in [-0.4, -0.2) is 20.0 Å². The lowest BCUT2D eigenvalue weighted by atomic mass is 9.79. The summed E-state index contributed by atoms with van der Waals surface area (Å²) in [5.41, 5.74) is 1.75. The van der Waals surface area contributed by atoms with Crippen molar-refractivity contribution in [3.8, 4) is 0 Å². The molecule has 0 saturated carbocycles. The summed E-state index contributed by atoms with van der Waals surface area (Å²) in [6.07, 6.45) is 9.72. The highest BCUT2D eigenvalue weighted by Gasteiger charge is 2.40. The number of benzene rings is 2. The van der Waals surface area contributed by atoms with Crippen molar-refractivity contribution in [1.82, 2.24) is 0 Å². The largest absolute Gasteiger partial charge is 0.353 e. The number of rotatable bonds is 13. The summed E-state index contributed by atoms with van der Waals surface area (Å²) in [5, 5.41) is 0. The molecule has 0 fully saturated rings. The molecule has 1 aliphatic rings. The van der Waals surface area contributed by atoms with Crippen molar-refractivity contribution in [3.63, 3.8) is 0 Å². The summed E-state index contributed by atoms with van der Waals surface area (Å²) in [7, 11) is 3.32. The van der Waals surface area contributed by atoms with Crippen LogP contribution < -0.4 is 0 Å². The van der Waals surface area contributed by atoms with Crippen LogP contribution in [0.5, 0.6) is 0 Å². The van der Waals surface area contributed by atoms with Gasteiger partial charge in [0.15, 0.2) is 29.1 Å².